The summed E-state index contributed by atoms with van der Waals surface area (Å²) in [6, 6.07) is 9.38. The van der Waals surface area contributed by atoms with E-state index in [9.17, 15) is 27.7 Å². The van der Waals surface area contributed by atoms with Gasteiger partial charge >= 0.3 is 5.97 Å². The highest BCUT2D eigenvalue weighted by Gasteiger charge is 2.22. The summed E-state index contributed by atoms with van der Waals surface area (Å²) in [6.07, 6.45) is -0.0968. The Kier molecular flexibility index (Phi) is 6.35. The first-order valence-electron chi connectivity index (χ1n) is 7.30. The molecule has 2 aromatic carbocycles. The predicted molar refractivity (Wildman–Crippen MR) is 87.6 cm³/mol. The molecule has 2 rings (SSSR count). The van der Waals surface area contributed by atoms with Crippen molar-refractivity contribution in [2.75, 3.05) is 5.75 Å². The molecule has 2 aromatic rings. The highest BCUT2D eigenvalue weighted by atomic mass is 32.2. The number of carboxylic acids is 1. The monoisotopic (exact) mass is 367 g/mol. The van der Waals surface area contributed by atoms with Crippen molar-refractivity contribution in [3.63, 3.8) is 0 Å². The summed E-state index contributed by atoms with van der Waals surface area (Å²) in [4.78, 5) is 23.8. The van der Waals surface area contributed by atoms with Crippen LogP contribution in [0.25, 0.3) is 0 Å². The molecule has 0 fully saturated rings. The van der Waals surface area contributed by atoms with Crippen molar-refractivity contribution in [2.24, 2.45) is 0 Å². The van der Waals surface area contributed by atoms with Crippen molar-refractivity contribution in [1.82, 2.24) is 5.32 Å². The molecule has 0 aliphatic rings. The molecule has 0 aromatic heterocycles. The SMILES string of the molecule is O=C(N[C@@H](CC[S@](=O)c1ccccc1)C(=O)O)c1cc(F)cc(F)c1. The first kappa shape index (κ1) is 18.7. The summed E-state index contributed by atoms with van der Waals surface area (Å²) >= 11 is 0. The molecule has 2 N–H and O–H groups in total. The summed E-state index contributed by atoms with van der Waals surface area (Å²) < 4.78 is 38.4. The van der Waals surface area contributed by atoms with E-state index < -0.39 is 40.4 Å². The Balaban J connectivity index is 2.02. The number of carboxylic acid groups (broad SMARTS) is 1. The van der Waals surface area contributed by atoms with E-state index in [4.69, 9.17) is 0 Å². The number of nitrogens with one attached hydrogen (secondary N) is 1. The fourth-order valence-corrected chi connectivity index (χ4v) is 3.25. The van der Waals surface area contributed by atoms with Crippen molar-refractivity contribution in [3.05, 3.63) is 65.7 Å². The van der Waals surface area contributed by atoms with E-state index in [2.05, 4.69) is 5.32 Å². The largest absolute Gasteiger partial charge is 0.480 e. The molecule has 2 atom stereocenters. The van der Waals surface area contributed by atoms with Crippen LogP contribution in [0.15, 0.2) is 53.4 Å². The number of halogens is 2. The lowest BCUT2D eigenvalue weighted by Crippen LogP contribution is -2.41. The second kappa shape index (κ2) is 8.48. The number of rotatable bonds is 7. The third-order valence-electron chi connectivity index (χ3n) is 3.33. The second-order valence-electron chi connectivity index (χ2n) is 5.17. The zero-order valence-electron chi connectivity index (χ0n) is 12.9. The van der Waals surface area contributed by atoms with Crippen molar-refractivity contribution in [2.45, 2.75) is 17.4 Å². The smallest absolute Gasteiger partial charge is 0.326 e. The number of carbonyl (C=O) groups is 2. The quantitative estimate of drug-likeness (QED) is 0.787. The number of amides is 1. The van der Waals surface area contributed by atoms with Gasteiger partial charge in [-0.15, -0.1) is 0 Å². The average Bonchev–Trinajstić information content (AvgIpc) is 2.57. The fourth-order valence-electron chi connectivity index (χ4n) is 2.10. The second-order valence-corrected chi connectivity index (χ2v) is 6.74. The molecule has 0 aliphatic carbocycles. The Bertz CT molecular complexity index is 778. The van der Waals surface area contributed by atoms with Gasteiger partial charge in [0.15, 0.2) is 0 Å². The third-order valence-corrected chi connectivity index (χ3v) is 4.73. The Morgan fingerprint density at radius 3 is 2.24 bits per heavy atom. The molecule has 5 nitrogen and oxygen atoms in total. The zero-order chi connectivity index (χ0) is 18.4. The maximum absolute atomic E-state index is 13.1. The van der Waals surface area contributed by atoms with E-state index in [1.165, 1.54) is 0 Å². The van der Waals surface area contributed by atoms with Crippen LogP contribution in [0, 0.1) is 11.6 Å². The molecule has 0 radical (unpaired) electrons. The summed E-state index contributed by atoms with van der Waals surface area (Å²) in [5.74, 6) is -4.12. The van der Waals surface area contributed by atoms with E-state index in [0.717, 1.165) is 12.1 Å². The standard InChI is InChI=1S/C17H15F2NO4S/c18-12-8-11(9-13(19)10-12)16(21)20-15(17(22)23)6-7-25(24)14-4-2-1-3-5-14/h1-5,8-10,15H,6-7H2,(H,20,21)(H,22,23)/t15-,25-/m0/s1. The molecule has 8 heteroatoms. The first-order chi connectivity index (χ1) is 11.9. The van der Waals surface area contributed by atoms with E-state index in [1.807, 2.05) is 0 Å². The van der Waals surface area contributed by atoms with Crippen molar-refractivity contribution in [3.8, 4) is 0 Å². The van der Waals surface area contributed by atoms with Gasteiger partial charge < -0.3 is 10.4 Å². The van der Waals surface area contributed by atoms with Crippen molar-refractivity contribution in [1.29, 1.82) is 0 Å². The van der Waals surface area contributed by atoms with Crippen molar-refractivity contribution < 1.29 is 27.7 Å². The van der Waals surface area contributed by atoms with Crippen LogP contribution in [0.3, 0.4) is 0 Å². The van der Waals surface area contributed by atoms with Crippen LogP contribution in [-0.4, -0.2) is 33.0 Å². The fraction of sp³-hybridized carbons (Fsp3) is 0.176. The lowest BCUT2D eigenvalue weighted by Gasteiger charge is -2.14. The van der Waals surface area contributed by atoms with Gasteiger partial charge in [-0.05, 0) is 30.7 Å². The van der Waals surface area contributed by atoms with Crippen LogP contribution < -0.4 is 5.32 Å². The maximum atomic E-state index is 13.1. The van der Waals surface area contributed by atoms with Gasteiger partial charge in [0.1, 0.15) is 17.7 Å². The molecule has 0 bridgehead atoms. The highest BCUT2D eigenvalue weighted by molar-refractivity contribution is 7.85. The van der Waals surface area contributed by atoms with E-state index in [1.54, 1.807) is 30.3 Å². The minimum Gasteiger partial charge on any atom is -0.480 e. The lowest BCUT2D eigenvalue weighted by atomic mass is 10.1. The number of carbonyl (C=O) groups excluding carboxylic acids is 1. The minimum absolute atomic E-state index is 0.0127. The van der Waals surface area contributed by atoms with Crippen molar-refractivity contribution >= 4 is 22.7 Å². The predicted octanol–water partition coefficient (Wildman–Crippen LogP) is 2.35. The van der Waals surface area contributed by atoms with Crippen LogP contribution in [0.2, 0.25) is 0 Å². The van der Waals surface area contributed by atoms with Crippen LogP contribution >= 0.6 is 0 Å². The summed E-state index contributed by atoms with van der Waals surface area (Å²) in [5.41, 5.74) is -0.326. The van der Waals surface area contributed by atoms with E-state index in [0.29, 0.717) is 11.0 Å². The minimum atomic E-state index is -1.42. The van der Waals surface area contributed by atoms with E-state index >= 15 is 0 Å². The van der Waals surface area contributed by atoms with Gasteiger partial charge in [0.2, 0.25) is 0 Å². The van der Waals surface area contributed by atoms with Gasteiger partial charge in [-0.1, -0.05) is 18.2 Å². The summed E-state index contributed by atoms with van der Waals surface area (Å²) in [5, 5.41) is 11.4. The lowest BCUT2D eigenvalue weighted by molar-refractivity contribution is -0.139. The average molecular weight is 367 g/mol. The molecular formula is C17H15F2NO4S. The molecule has 1 amide bonds. The maximum Gasteiger partial charge on any atom is 0.326 e. The Morgan fingerprint density at radius 2 is 1.68 bits per heavy atom. The zero-order valence-corrected chi connectivity index (χ0v) is 13.8. The Labute approximate surface area is 145 Å². The molecule has 0 saturated carbocycles. The van der Waals surface area contributed by atoms with Gasteiger partial charge in [-0.2, -0.15) is 0 Å². The normalized spacial score (nSPS) is 13.0. The molecule has 132 valence electrons. The molecule has 0 unspecified atom stereocenters. The number of benzene rings is 2. The van der Waals surface area contributed by atoms with Gasteiger partial charge in [0, 0.05) is 22.3 Å². The van der Waals surface area contributed by atoms with Crippen LogP contribution in [0.1, 0.15) is 16.8 Å². The molecule has 25 heavy (non-hydrogen) atoms. The summed E-state index contributed by atoms with van der Waals surface area (Å²) in [6.45, 7) is 0. The Hall–Kier alpha value is -2.61. The van der Waals surface area contributed by atoms with Gasteiger partial charge in [0.05, 0.1) is 10.8 Å². The van der Waals surface area contributed by atoms with E-state index in [-0.39, 0.29) is 17.7 Å². The molecule has 0 saturated heterocycles. The van der Waals surface area contributed by atoms with Gasteiger partial charge in [-0.3, -0.25) is 9.00 Å². The number of hydrogen-bond donors (Lipinski definition) is 2. The Morgan fingerprint density at radius 1 is 1.08 bits per heavy atom. The molecular weight excluding hydrogens is 352 g/mol. The number of aliphatic carboxylic acids is 1. The highest BCUT2D eigenvalue weighted by Crippen LogP contribution is 2.10. The molecule has 0 aliphatic heterocycles. The number of hydrogen-bond acceptors (Lipinski definition) is 3. The van der Waals surface area contributed by atoms with Gasteiger partial charge in [0.25, 0.3) is 5.91 Å². The first-order valence-corrected chi connectivity index (χ1v) is 8.62. The third kappa shape index (κ3) is 5.46. The van der Waals surface area contributed by atoms with Crippen LogP contribution in [0.5, 0.6) is 0 Å². The van der Waals surface area contributed by atoms with Crippen LogP contribution in [0.4, 0.5) is 8.78 Å². The van der Waals surface area contributed by atoms with Gasteiger partial charge in [-0.25, -0.2) is 13.6 Å². The molecule has 0 heterocycles. The summed E-state index contributed by atoms with van der Waals surface area (Å²) in [7, 11) is -1.42. The van der Waals surface area contributed by atoms with Crippen LogP contribution in [-0.2, 0) is 15.6 Å². The topological polar surface area (TPSA) is 83.5 Å². The molecule has 0 spiro atoms.